The highest BCUT2D eigenvalue weighted by Gasteiger charge is 2.26. The molecule has 0 fully saturated rings. The molecule has 26 heavy (non-hydrogen) atoms. The summed E-state index contributed by atoms with van der Waals surface area (Å²) in [6, 6.07) is 3.61. The fourth-order valence-corrected chi connectivity index (χ4v) is 4.68. The maximum Gasteiger partial charge on any atom is 0.153 e. The first kappa shape index (κ1) is 19.5. The molecule has 0 aliphatic heterocycles. The maximum atomic E-state index is 14.7. The third-order valence-corrected chi connectivity index (χ3v) is 6.28. The summed E-state index contributed by atoms with van der Waals surface area (Å²) in [5, 5.41) is 0.105. The standard InChI is InChI=1S/C23H30ClFO/c1-3-5-16-6-8-17(9-7-16)18-10-12-19(13-11-18)20-14-15-21(26-4-2)22(24)23(20)25/h6,12,14-15,17-18H,3-5,7-11,13H2,1-2H3. The van der Waals surface area contributed by atoms with Crippen LogP contribution in [0.15, 0.2) is 29.9 Å². The van der Waals surface area contributed by atoms with E-state index in [4.69, 9.17) is 16.3 Å². The lowest BCUT2D eigenvalue weighted by Crippen LogP contribution is -2.19. The van der Waals surface area contributed by atoms with Crippen molar-refractivity contribution in [2.24, 2.45) is 11.8 Å². The van der Waals surface area contributed by atoms with Crippen molar-refractivity contribution in [1.29, 1.82) is 0 Å². The summed E-state index contributed by atoms with van der Waals surface area (Å²) in [5.74, 6) is 1.62. The molecule has 3 rings (SSSR count). The first-order valence-corrected chi connectivity index (χ1v) is 10.5. The molecule has 0 spiro atoms. The van der Waals surface area contributed by atoms with E-state index in [0.717, 1.165) is 36.7 Å². The van der Waals surface area contributed by atoms with Gasteiger partial charge in [-0.15, -0.1) is 0 Å². The van der Waals surface area contributed by atoms with E-state index in [1.54, 1.807) is 11.6 Å². The maximum absolute atomic E-state index is 14.7. The summed E-state index contributed by atoms with van der Waals surface area (Å²) in [7, 11) is 0. The topological polar surface area (TPSA) is 9.23 Å². The molecule has 2 aliphatic rings. The van der Waals surface area contributed by atoms with Crippen LogP contribution in [0.3, 0.4) is 0 Å². The van der Waals surface area contributed by atoms with Crippen LogP contribution in [0.1, 0.15) is 70.8 Å². The molecule has 0 amide bonds. The highest BCUT2D eigenvalue weighted by Crippen LogP contribution is 2.41. The van der Waals surface area contributed by atoms with Gasteiger partial charge in [-0.1, -0.05) is 42.7 Å². The Labute approximate surface area is 162 Å². The van der Waals surface area contributed by atoms with E-state index >= 15 is 0 Å². The van der Waals surface area contributed by atoms with E-state index in [1.807, 2.05) is 13.0 Å². The van der Waals surface area contributed by atoms with Crippen LogP contribution in [-0.4, -0.2) is 6.61 Å². The Kier molecular flexibility index (Phi) is 6.80. The van der Waals surface area contributed by atoms with E-state index in [9.17, 15) is 4.39 Å². The van der Waals surface area contributed by atoms with E-state index in [2.05, 4.69) is 19.1 Å². The second kappa shape index (κ2) is 9.08. The molecule has 1 nitrogen and oxygen atoms in total. The lowest BCUT2D eigenvalue weighted by molar-refractivity contribution is 0.285. The van der Waals surface area contributed by atoms with Gasteiger partial charge in [0.15, 0.2) is 5.82 Å². The van der Waals surface area contributed by atoms with Gasteiger partial charge in [0, 0.05) is 5.56 Å². The number of allylic oxidation sites excluding steroid dienone is 4. The summed E-state index contributed by atoms with van der Waals surface area (Å²) < 4.78 is 20.1. The highest BCUT2D eigenvalue weighted by atomic mass is 35.5. The molecular weight excluding hydrogens is 347 g/mol. The average molecular weight is 377 g/mol. The fraction of sp³-hybridized carbons (Fsp3) is 0.565. The van der Waals surface area contributed by atoms with Crippen LogP contribution in [0.2, 0.25) is 5.02 Å². The SMILES string of the molecule is CCCC1=CCC(C2CC=C(c3ccc(OCC)c(Cl)c3F)CC2)CC1. The van der Waals surface area contributed by atoms with Crippen molar-refractivity contribution in [3.63, 3.8) is 0 Å². The smallest absolute Gasteiger partial charge is 0.153 e. The van der Waals surface area contributed by atoms with Gasteiger partial charge in [-0.2, -0.15) is 0 Å². The number of benzene rings is 1. The zero-order valence-corrected chi connectivity index (χ0v) is 16.7. The third-order valence-electron chi connectivity index (χ3n) is 5.93. The van der Waals surface area contributed by atoms with E-state index in [-0.39, 0.29) is 10.8 Å². The van der Waals surface area contributed by atoms with Gasteiger partial charge in [-0.05, 0) is 81.4 Å². The molecule has 0 saturated heterocycles. The quantitative estimate of drug-likeness (QED) is 0.464. The Bertz CT molecular complexity index is 692. The Morgan fingerprint density at radius 3 is 2.38 bits per heavy atom. The molecule has 142 valence electrons. The average Bonchev–Trinajstić information content (AvgIpc) is 2.67. The minimum atomic E-state index is -0.341. The molecule has 0 radical (unpaired) electrons. The van der Waals surface area contributed by atoms with Crippen molar-refractivity contribution in [1.82, 2.24) is 0 Å². The van der Waals surface area contributed by atoms with E-state index < -0.39 is 0 Å². The molecular formula is C23H30ClFO. The lowest BCUT2D eigenvalue weighted by atomic mass is 9.73. The summed E-state index contributed by atoms with van der Waals surface area (Å²) >= 11 is 6.15. The van der Waals surface area contributed by atoms with Crippen LogP contribution in [0, 0.1) is 17.7 Å². The van der Waals surface area contributed by atoms with Crippen molar-refractivity contribution in [3.05, 3.63) is 46.3 Å². The zero-order chi connectivity index (χ0) is 18.5. The predicted octanol–water partition coefficient (Wildman–Crippen LogP) is 7.59. The minimum absolute atomic E-state index is 0.105. The van der Waals surface area contributed by atoms with Gasteiger partial charge in [0.05, 0.1) is 6.61 Å². The van der Waals surface area contributed by atoms with Gasteiger partial charge >= 0.3 is 0 Å². The fourth-order valence-electron chi connectivity index (χ4n) is 4.46. The van der Waals surface area contributed by atoms with Crippen molar-refractivity contribution in [2.75, 3.05) is 6.61 Å². The monoisotopic (exact) mass is 376 g/mol. The number of hydrogen-bond donors (Lipinski definition) is 0. The number of halogens is 2. The zero-order valence-electron chi connectivity index (χ0n) is 16.0. The van der Waals surface area contributed by atoms with Crippen molar-refractivity contribution >= 4 is 17.2 Å². The summed E-state index contributed by atoms with van der Waals surface area (Å²) in [5.41, 5.74) is 3.40. The Balaban J connectivity index is 1.66. The van der Waals surface area contributed by atoms with E-state index in [1.165, 1.54) is 32.1 Å². The first-order valence-electron chi connectivity index (χ1n) is 10.1. The molecule has 0 N–H and O–H groups in total. The number of hydrogen-bond acceptors (Lipinski definition) is 1. The molecule has 0 aromatic heterocycles. The highest BCUT2D eigenvalue weighted by molar-refractivity contribution is 6.32. The Hall–Kier alpha value is -1.28. The first-order chi connectivity index (χ1) is 12.6. The summed E-state index contributed by atoms with van der Waals surface area (Å²) in [6.07, 6.45) is 14.2. The normalized spacial score (nSPS) is 23.4. The van der Waals surface area contributed by atoms with Gasteiger partial charge in [0.25, 0.3) is 0 Å². The molecule has 1 aromatic rings. The molecule has 0 saturated carbocycles. The van der Waals surface area contributed by atoms with Crippen LogP contribution >= 0.6 is 11.6 Å². The van der Waals surface area contributed by atoms with Crippen LogP contribution in [-0.2, 0) is 0 Å². The molecule has 1 aromatic carbocycles. The lowest BCUT2D eigenvalue weighted by Gasteiger charge is -2.32. The molecule has 0 heterocycles. The van der Waals surface area contributed by atoms with Crippen molar-refractivity contribution in [3.8, 4) is 5.75 Å². The number of ether oxygens (including phenoxy) is 1. The van der Waals surface area contributed by atoms with Crippen molar-refractivity contribution in [2.45, 2.75) is 65.2 Å². The molecule has 0 bridgehead atoms. The summed E-state index contributed by atoms with van der Waals surface area (Å²) in [6.45, 7) is 4.61. The van der Waals surface area contributed by atoms with Crippen molar-refractivity contribution < 1.29 is 9.13 Å². The molecule has 2 atom stereocenters. The second-order valence-corrected chi connectivity index (χ2v) is 7.96. The summed E-state index contributed by atoms with van der Waals surface area (Å²) in [4.78, 5) is 0. The van der Waals surface area contributed by atoms with Gasteiger partial charge < -0.3 is 4.74 Å². The Morgan fingerprint density at radius 2 is 1.81 bits per heavy atom. The molecule has 3 heteroatoms. The van der Waals surface area contributed by atoms with Crippen LogP contribution in [0.25, 0.3) is 5.57 Å². The van der Waals surface area contributed by atoms with Crippen LogP contribution < -0.4 is 4.74 Å². The second-order valence-electron chi connectivity index (χ2n) is 7.58. The van der Waals surface area contributed by atoms with Gasteiger partial charge in [0.1, 0.15) is 10.8 Å². The Morgan fingerprint density at radius 1 is 1.08 bits per heavy atom. The van der Waals surface area contributed by atoms with Gasteiger partial charge in [-0.3, -0.25) is 0 Å². The molecule has 2 aliphatic carbocycles. The number of rotatable bonds is 6. The molecule has 2 unspecified atom stereocenters. The minimum Gasteiger partial charge on any atom is -0.492 e. The van der Waals surface area contributed by atoms with Crippen LogP contribution in [0.4, 0.5) is 4.39 Å². The van der Waals surface area contributed by atoms with E-state index in [0.29, 0.717) is 17.9 Å². The van der Waals surface area contributed by atoms with Crippen LogP contribution in [0.5, 0.6) is 5.75 Å². The third kappa shape index (κ3) is 4.34. The largest absolute Gasteiger partial charge is 0.492 e. The predicted molar refractivity (Wildman–Crippen MR) is 108 cm³/mol. The van der Waals surface area contributed by atoms with Gasteiger partial charge in [-0.25, -0.2) is 4.39 Å². The van der Waals surface area contributed by atoms with Gasteiger partial charge in [0.2, 0.25) is 0 Å².